The minimum absolute atomic E-state index is 0.0751. The van der Waals surface area contributed by atoms with Crippen molar-refractivity contribution in [2.45, 2.75) is 6.42 Å². The topological polar surface area (TPSA) is 86.9 Å². The number of aromatic nitrogens is 2. The quantitative estimate of drug-likeness (QED) is 0.748. The minimum atomic E-state index is -0.332. The normalized spacial score (nSPS) is 10.1. The van der Waals surface area contributed by atoms with Crippen molar-refractivity contribution in [1.82, 2.24) is 20.6 Å². The highest BCUT2D eigenvalue weighted by Gasteiger charge is 2.08. The Kier molecular flexibility index (Phi) is 5.34. The first-order chi connectivity index (χ1) is 10.1. The van der Waals surface area contributed by atoms with Crippen molar-refractivity contribution in [2.24, 2.45) is 0 Å². The number of hydrogen-bond acceptors (Lipinski definition) is 3. The van der Waals surface area contributed by atoms with Crippen LogP contribution in [0.1, 0.15) is 16.1 Å². The van der Waals surface area contributed by atoms with Crippen molar-refractivity contribution >= 4 is 23.4 Å². The van der Waals surface area contributed by atoms with E-state index in [0.29, 0.717) is 23.6 Å². The molecule has 0 bridgehead atoms. The van der Waals surface area contributed by atoms with Crippen LogP contribution in [0.5, 0.6) is 0 Å². The van der Waals surface area contributed by atoms with E-state index in [0.717, 1.165) is 5.69 Å². The first-order valence-corrected chi connectivity index (χ1v) is 6.80. The van der Waals surface area contributed by atoms with Crippen molar-refractivity contribution < 1.29 is 9.59 Å². The van der Waals surface area contributed by atoms with Gasteiger partial charge in [0.2, 0.25) is 5.91 Å². The van der Waals surface area contributed by atoms with E-state index in [1.54, 1.807) is 36.8 Å². The average Bonchev–Trinajstić information content (AvgIpc) is 2.98. The highest BCUT2D eigenvalue weighted by atomic mass is 35.5. The molecule has 6 nitrogen and oxygen atoms in total. The van der Waals surface area contributed by atoms with E-state index in [9.17, 15) is 9.59 Å². The molecule has 110 valence electrons. The van der Waals surface area contributed by atoms with E-state index in [4.69, 9.17) is 11.6 Å². The number of imidazole rings is 1. The fraction of sp³-hybridized carbons (Fsp3) is 0.214. The average molecular weight is 307 g/mol. The van der Waals surface area contributed by atoms with Crippen LogP contribution in [0.15, 0.2) is 36.8 Å². The van der Waals surface area contributed by atoms with Gasteiger partial charge in [-0.1, -0.05) is 17.7 Å². The summed E-state index contributed by atoms with van der Waals surface area (Å²) >= 11 is 5.80. The molecule has 0 aliphatic carbocycles. The van der Waals surface area contributed by atoms with Gasteiger partial charge in [-0.2, -0.15) is 0 Å². The molecule has 1 heterocycles. The number of nitrogens with zero attached hydrogens (tertiary/aromatic N) is 1. The van der Waals surface area contributed by atoms with Gasteiger partial charge in [-0.15, -0.1) is 0 Å². The fourth-order valence-corrected chi connectivity index (χ4v) is 1.90. The van der Waals surface area contributed by atoms with Crippen LogP contribution in [0.25, 0.3) is 0 Å². The van der Waals surface area contributed by atoms with Gasteiger partial charge in [0.05, 0.1) is 12.9 Å². The van der Waals surface area contributed by atoms with Gasteiger partial charge >= 0.3 is 0 Å². The van der Waals surface area contributed by atoms with Gasteiger partial charge in [0, 0.05) is 35.4 Å². The lowest BCUT2D eigenvalue weighted by Crippen LogP contribution is -2.37. The van der Waals surface area contributed by atoms with Gasteiger partial charge in [-0.05, 0) is 18.2 Å². The molecule has 0 saturated heterocycles. The minimum Gasteiger partial charge on any atom is -0.354 e. The van der Waals surface area contributed by atoms with Crippen LogP contribution in [0, 0.1) is 0 Å². The summed E-state index contributed by atoms with van der Waals surface area (Å²) in [5.74, 6) is -0.578. The number of carbonyl (C=O) groups is 2. The lowest BCUT2D eigenvalue weighted by molar-refractivity contribution is -0.120. The number of halogens is 1. The summed E-state index contributed by atoms with van der Waals surface area (Å²) in [6.07, 6.45) is 3.95. The molecule has 21 heavy (non-hydrogen) atoms. The molecule has 0 aliphatic rings. The van der Waals surface area contributed by atoms with Gasteiger partial charge in [0.25, 0.3) is 5.91 Å². The zero-order valence-corrected chi connectivity index (χ0v) is 12.0. The van der Waals surface area contributed by atoms with Gasteiger partial charge in [-0.3, -0.25) is 9.59 Å². The van der Waals surface area contributed by atoms with E-state index >= 15 is 0 Å². The van der Waals surface area contributed by atoms with Crippen molar-refractivity contribution in [2.75, 3.05) is 13.1 Å². The van der Waals surface area contributed by atoms with Crippen LogP contribution in [0.2, 0.25) is 5.02 Å². The number of benzene rings is 1. The summed E-state index contributed by atoms with van der Waals surface area (Å²) in [6.45, 7) is 0.405. The van der Waals surface area contributed by atoms with Crippen LogP contribution < -0.4 is 10.6 Å². The lowest BCUT2D eigenvalue weighted by Gasteiger charge is -2.06. The Bertz CT molecular complexity index is 613. The molecule has 0 unspecified atom stereocenters. The Balaban J connectivity index is 1.70. The van der Waals surface area contributed by atoms with E-state index in [1.165, 1.54) is 0 Å². The Morgan fingerprint density at radius 3 is 2.86 bits per heavy atom. The van der Waals surface area contributed by atoms with Crippen molar-refractivity contribution in [1.29, 1.82) is 0 Å². The molecule has 2 rings (SSSR count). The maximum Gasteiger partial charge on any atom is 0.251 e. The van der Waals surface area contributed by atoms with Crippen molar-refractivity contribution in [3.63, 3.8) is 0 Å². The Morgan fingerprint density at radius 2 is 2.14 bits per heavy atom. The first kappa shape index (κ1) is 15.1. The standard InChI is InChI=1S/C14H15ClN4O2/c15-11-3-1-2-10(6-11)14(21)18-8-13(20)17-5-4-12-7-16-9-19-12/h1-3,6-7,9H,4-5,8H2,(H,16,19)(H,17,20)(H,18,21). The predicted molar refractivity (Wildman–Crippen MR) is 79.1 cm³/mol. The highest BCUT2D eigenvalue weighted by Crippen LogP contribution is 2.10. The maximum absolute atomic E-state index is 11.8. The summed E-state index contributed by atoms with van der Waals surface area (Å²) in [4.78, 5) is 30.2. The molecule has 2 amide bonds. The number of rotatable bonds is 6. The van der Waals surface area contributed by atoms with Gasteiger partial charge < -0.3 is 15.6 Å². The Morgan fingerprint density at radius 1 is 1.29 bits per heavy atom. The van der Waals surface area contributed by atoms with E-state index in [2.05, 4.69) is 20.6 Å². The molecule has 1 aromatic heterocycles. The molecule has 3 N–H and O–H groups in total. The van der Waals surface area contributed by atoms with Crippen LogP contribution in [0.3, 0.4) is 0 Å². The first-order valence-electron chi connectivity index (χ1n) is 6.43. The second kappa shape index (κ2) is 7.44. The molecule has 0 radical (unpaired) electrons. The number of carbonyl (C=O) groups excluding carboxylic acids is 2. The number of hydrogen-bond donors (Lipinski definition) is 3. The summed E-state index contributed by atoms with van der Waals surface area (Å²) in [7, 11) is 0. The van der Waals surface area contributed by atoms with Crippen molar-refractivity contribution in [3.8, 4) is 0 Å². The second-order valence-electron chi connectivity index (χ2n) is 4.37. The largest absolute Gasteiger partial charge is 0.354 e. The van der Waals surface area contributed by atoms with Gasteiger partial charge in [0.15, 0.2) is 0 Å². The SMILES string of the molecule is O=C(CNC(=O)c1cccc(Cl)c1)NCCc1cnc[nH]1. The fourth-order valence-electron chi connectivity index (χ4n) is 1.71. The number of H-pyrrole nitrogens is 1. The van der Waals surface area contributed by atoms with Crippen molar-refractivity contribution in [3.05, 3.63) is 53.1 Å². The third-order valence-corrected chi connectivity index (χ3v) is 3.00. The number of amides is 2. The molecule has 0 atom stereocenters. The van der Waals surface area contributed by atoms with E-state index in [-0.39, 0.29) is 18.4 Å². The monoisotopic (exact) mass is 306 g/mol. The van der Waals surface area contributed by atoms with Crippen LogP contribution in [0.4, 0.5) is 0 Å². The zero-order valence-electron chi connectivity index (χ0n) is 11.2. The predicted octanol–water partition coefficient (Wildman–Crippen LogP) is 1.15. The number of aromatic amines is 1. The third-order valence-electron chi connectivity index (χ3n) is 2.77. The molecular weight excluding hydrogens is 292 g/mol. The van der Waals surface area contributed by atoms with Crippen LogP contribution in [-0.2, 0) is 11.2 Å². The highest BCUT2D eigenvalue weighted by molar-refractivity contribution is 6.30. The second-order valence-corrected chi connectivity index (χ2v) is 4.81. The van der Waals surface area contributed by atoms with Crippen LogP contribution >= 0.6 is 11.6 Å². The van der Waals surface area contributed by atoms with Gasteiger partial charge in [-0.25, -0.2) is 4.98 Å². The lowest BCUT2D eigenvalue weighted by atomic mass is 10.2. The summed E-state index contributed by atoms with van der Waals surface area (Å²) in [5.41, 5.74) is 1.37. The molecule has 0 aliphatic heterocycles. The Labute approximate surface area is 126 Å². The van der Waals surface area contributed by atoms with Crippen LogP contribution in [-0.4, -0.2) is 34.9 Å². The molecule has 2 aromatic rings. The maximum atomic E-state index is 11.8. The molecule has 0 fully saturated rings. The smallest absolute Gasteiger partial charge is 0.251 e. The summed E-state index contributed by atoms with van der Waals surface area (Å²) < 4.78 is 0. The molecule has 7 heteroatoms. The number of nitrogens with one attached hydrogen (secondary N) is 3. The molecule has 1 aromatic carbocycles. The summed E-state index contributed by atoms with van der Waals surface area (Å²) in [5, 5.41) is 5.73. The zero-order chi connectivity index (χ0) is 15.1. The van der Waals surface area contributed by atoms with E-state index < -0.39 is 0 Å². The third kappa shape index (κ3) is 4.92. The Hall–Kier alpha value is -2.34. The van der Waals surface area contributed by atoms with E-state index in [1.807, 2.05) is 0 Å². The molecular formula is C14H15ClN4O2. The molecule has 0 saturated carbocycles. The van der Waals surface area contributed by atoms with Gasteiger partial charge in [0.1, 0.15) is 0 Å². The summed E-state index contributed by atoms with van der Waals surface area (Å²) in [6, 6.07) is 6.55. The molecule has 0 spiro atoms.